The Labute approximate surface area is 180 Å². The Morgan fingerprint density at radius 3 is 2.52 bits per heavy atom. The highest BCUT2D eigenvalue weighted by Gasteiger charge is 2.22. The summed E-state index contributed by atoms with van der Waals surface area (Å²) in [6, 6.07) is 21.3. The molecule has 0 aliphatic carbocycles. The first kappa shape index (κ1) is 20.8. The van der Waals surface area contributed by atoms with Gasteiger partial charge in [0.05, 0.1) is 17.1 Å². The van der Waals surface area contributed by atoms with Gasteiger partial charge in [-0.15, -0.1) is 0 Å². The number of rotatable bonds is 7. The molecule has 4 rings (SSSR count). The molecule has 0 unspecified atom stereocenters. The third-order valence-corrected chi connectivity index (χ3v) is 5.50. The molecule has 6 nitrogen and oxygen atoms in total. The zero-order valence-corrected chi connectivity index (χ0v) is 17.5. The lowest BCUT2D eigenvalue weighted by Crippen LogP contribution is -2.44. The molecule has 4 N–H and O–H groups in total. The topological polar surface area (TPSA) is 98.2 Å². The van der Waals surface area contributed by atoms with Crippen LogP contribution in [0, 0.1) is 6.92 Å². The van der Waals surface area contributed by atoms with Crippen LogP contribution in [-0.2, 0) is 11.3 Å². The highest BCUT2D eigenvalue weighted by Crippen LogP contribution is 2.31. The van der Waals surface area contributed by atoms with E-state index < -0.39 is 18.1 Å². The van der Waals surface area contributed by atoms with Crippen molar-refractivity contribution in [2.24, 2.45) is 0 Å². The first-order valence-corrected chi connectivity index (χ1v) is 10.2. The zero-order chi connectivity index (χ0) is 22.0. The molecule has 0 spiro atoms. The highest BCUT2D eigenvalue weighted by atomic mass is 16.4. The number of H-pyrrole nitrogens is 1. The van der Waals surface area contributed by atoms with Crippen molar-refractivity contribution in [3.8, 4) is 22.5 Å². The average Bonchev–Trinajstić information content (AvgIpc) is 3.17. The molecule has 0 radical (unpaired) electrons. The van der Waals surface area contributed by atoms with Gasteiger partial charge in [0.1, 0.15) is 11.9 Å². The van der Waals surface area contributed by atoms with Crippen LogP contribution in [0.4, 0.5) is 0 Å². The Balaban J connectivity index is 1.63. The molecule has 0 fully saturated rings. The van der Waals surface area contributed by atoms with Crippen molar-refractivity contribution in [2.45, 2.75) is 32.5 Å². The number of carbonyl (C=O) groups is 1. The van der Waals surface area contributed by atoms with Gasteiger partial charge in [0.25, 0.3) is 0 Å². The van der Waals surface area contributed by atoms with E-state index in [-0.39, 0.29) is 0 Å². The molecule has 0 aliphatic heterocycles. The van der Waals surface area contributed by atoms with Crippen LogP contribution in [0.25, 0.3) is 33.5 Å². The maximum atomic E-state index is 11.3. The van der Waals surface area contributed by atoms with E-state index in [2.05, 4.69) is 41.5 Å². The second-order valence-electron chi connectivity index (χ2n) is 7.72. The number of carboxylic acid groups (broad SMARTS) is 1. The summed E-state index contributed by atoms with van der Waals surface area (Å²) < 4.78 is 0. The minimum Gasteiger partial charge on any atom is -0.480 e. The van der Waals surface area contributed by atoms with Crippen molar-refractivity contribution in [1.82, 2.24) is 15.3 Å². The van der Waals surface area contributed by atoms with Gasteiger partial charge >= 0.3 is 5.97 Å². The van der Waals surface area contributed by atoms with Crippen LogP contribution >= 0.6 is 0 Å². The Morgan fingerprint density at radius 1 is 1.06 bits per heavy atom. The molecule has 1 heterocycles. The van der Waals surface area contributed by atoms with Crippen LogP contribution < -0.4 is 5.32 Å². The number of aliphatic carboxylic acids is 1. The molecule has 0 saturated heterocycles. The molecule has 31 heavy (non-hydrogen) atoms. The van der Waals surface area contributed by atoms with E-state index in [1.54, 1.807) is 0 Å². The maximum absolute atomic E-state index is 11.3. The van der Waals surface area contributed by atoms with E-state index in [4.69, 9.17) is 4.98 Å². The summed E-state index contributed by atoms with van der Waals surface area (Å²) in [6.45, 7) is 3.88. The summed E-state index contributed by atoms with van der Waals surface area (Å²) >= 11 is 0. The third-order valence-electron chi connectivity index (χ3n) is 5.50. The minimum atomic E-state index is -1.08. The fraction of sp³-hybridized carbons (Fsp3) is 0.200. The van der Waals surface area contributed by atoms with Crippen molar-refractivity contribution < 1.29 is 15.0 Å². The monoisotopic (exact) mass is 415 g/mol. The highest BCUT2D eigenvalue weighted by molar-refractivity contribution is 5.83. The molecule has 3 aromatic carbocycles. The van der Waals surface area contributed by atoms with Crippen LogP contribution in [0.2, 0.25) is 0 Å². The number of imidazole rings is 1. The number of aliphatic hydroxyl groups excluding tert-OH is 1. The van der Waals surface area contributed by atoms with Crippen LogP contribution in [0.3, 0.4) is 0 Å². The summed E-state index contributed by atoms with van der Waals surface area (Å²) in [7, 11) is 0. The lowest BCUT2D eigenvalue weighted by molar-refractivity contribution is -0.142. The molecule has 1 aromatic heterocycles. The van der Waals surface area contributed by atoms with Crippen molar-refractivity contribution in [2.75, 3.05) is 0 Å². The molecule has 6 heteroatoms. The van der Waals surface area contributed by atoms with Gasteiger partial charge in [-0.1, -0.05) is 54.6 Å². The first-order valence-electron chi connectivity index (χ1n) is 10.2. The van der Waals surface area contributed by atoms with Gasteiger partial charge in [-0.3, -0.25) is 10.1 Å². The third kappa shape index (κ3) is 4.35. The molecular formula is C25H25N3O3. The summed E-state index contributed by atoms with van der Waals surface area (Å²) in [4.78, 5) is 19.4. The first-order chi connectivity index (χ1) is 14.9. The number of fused-ring (bicyclic) bond motifs is 1. The number of aliphatic hydroxyl groups is 1. The average molecular weight is 415 g/mol. The molecule has 158 valence electrons. The normalized spacial score (nSPS) is 13.3. The van der Waals surface area contributed by atoms with Crippen molar-refractivity contribution in [3.05, 3.63) is 77.9 Å². The second kappa shape index (κ2) is 8.71. The molecule has 0 saturated carbocycles. The number of hydrogen-bond donors (Lipinski definition) is 4. The zero-order valence-electron chi connectivity index (χ0n) is 17.5. The van der Waals surface area contributed by atoms with E-state index in [0.29, 0.717) is 6.54 Å². The van der Waals surface area contributed by atoms with Gasteiger partial charge in [0.2, 0.25) is 0 Å². The number of carboxylic acids is 1. The van der Waals surface area contributed by atoms with Gasteiger partial charge in [0, 0.05) is 12.1 Å². The lowest BCUT2D eigenvalue weighted by Gasteiger charge is -2.16. The number of hydrogen-bond acceptors (Lipinski definition) is 4. The van der Waals surface area contributed by atoms with E-state index in [0.717, 1.165) is 39.1 Å². The van der Waals surface area contributed by atoms with Crippen LogP contribution in [0.15, 0.2) is 66.7 Å². The van der Waals surface area contributed by atoms with Gasteiger partial charge in [-0.05, 0) is 48.2 Å². The van der Waals surface area contributed by atoms with Crippen LogP contribution in [0.5, 0.6) is 0 Å². The van der Waals surface area contributed by atoms with Gasteiger partial charge in [-0.25, -0.2) is 4.98 Å². The van der Waals surface area contributed by atoms with Gasteiger partial charge in [0.15, 0.2) is 0 Å². The number of aromatic nitrogens is 2. The number of benzene rings is 3. The number of nitrogens with zero attached hydrogens (tertiary/aromatic N) is 1. The fourth-order valence-corrected chi connectivity index (χ4v) is 3.80. The van der Waals surface area contributed by atoms with Crippen molar-refractivity contribution >= 4 is 17.0 Å². The van der Waals surface area contributed by atoms with E-state index >= 15 is 0 Å². The number of nitrogens with one attached hydrogen (secondary N) is 2. The minimum absolute atomic E-state index is 0.322. The Hall–Kier alpha value is -3.48. The Morgan fingerprint density at radius 2 is 1.81 bits per heavy atom. The molecule has 0 aliphatic rings. The smallest absolute Gasteiger partial charge is 0.323 e. The predicted molar refractivity (Wildman–Crippen MR) is 122 cm³/mol. The standard InChI is InChI=1S/C25H25N3O3/c1-15-19(18-7-4-3-5-8-18)9-6-10-20(15)24-27-21-12-11-17(13-22(21)28-24)14-26-23(16(2)29)25(30)31/h3-13,16,23,26,29H,14H2,1-2H3,(H,27,28)(H,30,31)/t16-,23+/m0/s1. The Kier molecular flexibility index (Phi) is 5.84. The summed E-state index contributed by atoms with van der Waals surface area (Å²) in [6.07, 6.45) is -0.988. The summed E-state index contributed by atoms with van der Waals surface area (Å²) in [5.74, 6) is -0.283. The van der Waals surface area contributed by atoms with Gasteiger partial charge in [-0.2, -0.15) is 0 Å². The summed E-state index contributed by atoms with van der Waals surface area (Å²) in [5.41, 5.74) is 7.13. The van der Waals surface area contributed by atoms with Crippen LogP contribution in [-0.4, -0.2) is 38.3 Å². The maximum Gasteiger partial charge on any atom is 0.323 e. The summed E-state index contributed by atoms with van der Waals surface area (Å²) in [5, 5.41) is 21.7. The number of aromatic amines is 1. The molecule has 2 atom stereocenters. The largest absolute Gasteiger partial charge is 0.480 e. The molecule has 0 bridgehead atoms. The van der Waals surface area contributed by atoms with Crippen molar-refractivity contribution in [3.63, 3.8) is 0 Å². The quantitative estimate of drug-likeness (QED) is 0.364. The van der Waals surface area contributed by atoms with E-state index in [9.17, 15) is 15.0 Å². The van der Waals surface area contributed by atoms with Crippen LogP contribution in [0.1, 0.15) is 18.1 Å². The fourth-order valence-electron chi connectivity index (χ4n) is 3.80. The van der Waals surface area contributed by atoms with E-state index in [1.165, 1.54) is 12.5 Å². The SMILES string of the molecule is Cc1c(-c2ccccc2)cccc1-c1nc2cc(CN[C@@H](C(=O)O)[C@H](C)O)ccc2[nH]1. The van der Waals surface area contributed by atoms with Crippen molar-refractivity contribution in [1.29, 1.82) is 0 Å². The Bertz CT molecular complexity index is 1220. The van der Waals surface area contributed by atoms with Gasteiger partial charge < -0.3 is 15.2 Å². The lowest BCUT2D eigenvalue weighted by atomic mass is 9.96. The molecule has 4 aromatic rings. The molecular weight excluding hydrogens is 390 g/mol. The predicted octanol–water partition coefficient (Wildman–Crippen LogP) is 4.13. The second-order valence-corrected chi connectivity index (χ2v) is 7.72. The van der Waals surface area contributed by atoms with E-state index in [1.807, 2.05) is 42.5 Å². The molecule has 0 amide bonds.